The molecular weight excluding hydrogens is 352 g/mol. The smallest absolute Gasteiger partial charge is 0.250 e. The molecule has 3 nitrogen and oxygen atoms in total. The van der Waals surface area contributed by atoms with Gasteiger partial charge in [0.1, 0.15) is 0 Å². The second-order valence-electron chi connectivity index (χ2n) is 6.23. The van der Waals surface area contributed by atoms with Gasteiger partial charge in [-0.3, -0.25) is 4.79 Å². The molecule has 2 aromatic rings. The Kier molecular flexibility index (Phi) is 4.02. The highest BCUT2D eigenvalue weighted by molar-refractivity contribution is 9.10. The van der Waals surface area contributed by atoms with Crippen LogP contribution >= 0.6 is 15.9 Å². The van der Waals surface area contributed by atoms with Crippen molar-refractivity contribution in [2.45, 2.75) is 19.3 Å². The summed E-state index contributed by atoms with van der Waals surface area (Å²) in [5.74, 6) is -0.116. The number of nitrogens with one attached hydrogen (secondary N) is 1. The Morgan fingerprint density at radius 1 is 1.13 bits per heavy atom. The number of allylic oxidation sites excluding steroid dienone is 1. The van der Waals surface area contributed by atoms with Crippen LogP contribution < -0.4 is 10.2 Å². The average molecular weight is 371 g/mol. The minimum atomic E-state index is -0.192. The number of likely N-dealkylation sites (N-methyl/N-ethyl adjacent to an activating group) is 1. The van der Waals surface area contributed by atoms with E-state index < -0.39 is 0 Å². The van der Waals surface area contributed by atoms with E-state index in [0.717, 1.165) is 21.5 Å². The predicted molar refractivity (Wildman–Crippen MR) is 98.7 cm³/mol. The van der Waals surface area contributed by atoms with E-state index in [0.29, 0.717) is 0 Å². The molecule has 0 saturated heterocycles. The van der Waals surface area contributed by atoms with Gasteiger partial charge >= 0.3 is 0 Å². The van der Waals surface area contributed by atoms with Gasteiger partial charge < -0.3 is 10.2 Å². The van der Waals surface area contributed by atoms with Gasteiger partial charge in [-0.1, -0.05) is 48.0 Å². The Labute approximate surface area is 145 Å². The van der Waals surface area contributed by atoms with Crippen LogP contribution in [0.1, 0.15) is 19.4 Å². The van der Waals surface area contributed by atoms with Crippen molar-refractivity contribution in [3.63, 3.8) is 0 Å². The third-order valence-electron chi connectivity index (χ3n) is 4.32. The van der Waals surface area contributed by atoms with Crippen molar-refractivity contribution >= 4 is 33.2 Å². The maximum atomic E-state index is 12.4. The first-order valence-electron chi connectivity index (χ1n) is 7.51. The van der Waals surface area contributed by atoms with Crippen molar-refractivity contribution in [2.24, 2.45) is 0 Å². The van der Waals surface area contributed by atoms with Gasteiger partial charge in [-0.25, -0.2) is 0 Å². The molecule has 0 aliphatic carbocycles. The van der Waals surface area contributed by atoms with Gasteiger partial charge in [0.25, 0.3) is 0 Å². The minimum absolute atomic E-state index is 0.116. The van der Waals surface area contributed by atoms with E-state index in [-0.39, 0.29) is 11.3 Å². The average Bonchev–Trinajstić information content (AvgIpc) is 2.71. The fourth-order valence-electron chi connectivity index (χ4n) is 3.09. The Balaban J connectivity index is 1.88. The van der Waals surface area contributed by atoms with Crippen molar-refractivity contribution in [2.75, 3.05) is 17.3 Å². The Hall–Kier alpha value is -2.07. The number of fused-ring (bicyclic) bond motifs is 1. The zero-order valence-electron chi connectivity index (χ0n) is 13.4. The van der Waals surface area contributed by atoms with Crippen LogP contribution in [0.15, 0.2) is 64.8 Å². The van der Waals surface area contributed by atoms with Crippen molar-refractivity contribution in [3.8, 4) is 0 Å². The molecule has 118 valence electrons. The Morgan fingerprint density at radius 3 is 2.43 bits per heavy atom. The summed E-state index contributed by atoms with van der Waals surface area (Å²) in [6, 6.07) is 15.8. The van der Waals surface area contributed by atoms with E-state index in [1.807, 2.05) is 43.4 Å². The minimum Gasteiger partial charge on any atom is -0.347 e. The topological polar surface area (TPSA) is 32.3 Å². The maximum Gasteiger partial charge on any atom is 0.250 e. The zero-order valence-corrected chi connectivity index (χ0v) is 15.0. The molecule has 1 heterocycles. The molecule has 1 aliphatic heterocycles. The molecule has 0 atom stereocenters. The number of anilines is 2. The summed E-state index contributed by atoms with van der Waals surface area (Å²) >= 11 is 3.39. The molecule has 1 aliphatic rings. The normalized spacial score (nSPS) is 17.2. The van der Waals surface area contributed by atoms with Gasteiger partial charge in [-0.2, -0.15) is 0 Å². The highest BCUT2D eigenvalue weighted by Crippen LogP contribution is 2.46. The van der Waals surface area contributed by atoms with Crippen LogP contribution in [0.2, 0.25) is 0 Å². The van der Waals surface area contributed by atoms with E-state index in [4.69, 9.17) is 0 Å². The molecule has 0 aromatic heterocycles. The largest absolute Gasteiger partial charge is 0.347 e. The Morgan fingerprint density at radius 2 is 1.78 bits per heavy atom. The number of rotatable bonds is 2. The molecule has 3 rings (SSSR count). The molecular formula is C19H19BrN2O. The highest BCUT2D eigenvalue weighted by Gasteiger charge is 2.38. The molecule has 23 heavy (non-hydrogen) atoms. The molecule has 0 saturated carbocycles. The monoisotopic (exact) mass is 370 g/mol. The lowest BCUT2D eigenvalue weighted by molar-refractivity contribution is -0.112. The fourth-order valence-corrected chi connectivity index (χ4v) is 3.36. The van der Waals surface area contributed by atoms with Gasteiger partial charge in [-0.05, 0) is 35.9 Å². The molecule has 2 aromatic carbocycles. The fraction of sp³-hybridized carbons (Fsp3) is 0.211. The molecule has 4 heteroatoms. The number of para-hydroxylation sites is 1. The van der Waals surface area contributed by atoms with Crippen LogP contribution in [-0.4, -0.2) is 13.0 Å². The molecule has 0 radical (unpaired) electrons. The highest BCUT2D eigenvalue weighted by atomic mass is 79.9. The zero-order chi connectivity index (χ0) is 16.6. The lowest BCUT2D eigenvalue weighted by atomic mass is 9.84. The lowest BCUT2D eigenvalue weighted by Crippen LogP contribution is -2.25. The number of carbonyl (C=O) groups excluding carboxylic acids is 1. The number of hydrogen-bond donors (Lipinski definition) is 1. The lowest BCUT2D eigenvalue weighted by Gasteiger charge is -2.24. The van der Waals surface area contributed by atoms with Crippen molar-refractivity contribution in [3.05, 3.63) is 70.3 Å². The molecule has 0 bridgehead atoms. The van der Waals surface area contributed by atoms with Crippen molar-refractivity contribution < 1.29 is 4.79 Å². The third-order valence-corrected chi connectivity index (χ3v) is 4.85. The number of carbonyl (C=O) groups is 1. The second-order valence-corrected chi connectivity index (χ2v) is 7.14. The van der Waals surface area contributed by atoms with Crippen molar-refractivity contribution in [1.29, 1.82) is 0 Å². The summed E-state index contributed by atoms with van der Waals surface area (Å²) < 4.78 is 0.987. The standard InChI is InChI=1S/C19H19BrN2O/c1-19(2)15-6-4-5-7-16(15)22(3)17(19)12-18(23)21-14-10-8-13(20)9-11-14/h4-12H,1-3H3,(H,21,23). The molecule has 0 unspecified atom stereocenters. The second kappa shape index (κ2) is 5.85. The molecule has 1 amide bonds. The summed E-state index contributed by atoms with van der Waals surface area (Å²) in [7, 11) is 2.01. The first kappa shape index (κ1) is 15.8. The molecule has 1 N–H and O–H groups in total. The number of halogens is 1. The number of hydrogen-bond acceptors (Lipinski definition) is 2. The third kappa shape index (κ3) is 2.91. The van der Waals surface area contributed by atoms with Gasteiger partial charge in [0.05, 0.1) is 0 Å². The number of amides is 1. The number of benzene rings is 2. The molecule has 0 spiro atoms. The van der Waals surface area contributed by atoms with E-state index in [9.17, 15) is 4.79 Å². The van der Waals surface area contributed by atoms with Gasteiger partial charge in [0.2, 0.25) is 5.91 Å². The number of nitrogens with zero attached hydrogens (tertiary/aromatic N) is 1. The van der Waals surface area contributed by atoms with E-state index in [1.54, 1.807) is 6.08 Å². The van der Waals surface area contributed by atoms with Crippen molar-refractivity contribution in [1.82, 2.24) is 0 Å². The van der Waals surface area contributed by atoms with Crippen LogP contribution in [-0.2, 0) is 10.2 Å². The van der Waals surface area contributed by atoms with Crippen LogP contribution in [0, 0.1) is 0 Å². The van der Waals surface area contributed by atoms with E-state index in [1.165, 1.54) is 5.56 Å². The maximum absolute atomic E-state index is 12.4. The van der Waals surface area contributed by atoms with Crippen LogP contribution in [0.3, 0.4) is 0 Å². The van der Waals surface area contributed by atoms with Gasteiger partial charge in [-0.15, -0.1) is 0 Å². The molecule has 0 fully saturated rings. The van der Waals surface area contributed by atoms with Gasteiger partial charge in [0.15, 0.2) is 0 Å². The predicted octanol–water partition coefficient (Wildman–Crippen LogP) is 4.70. The first-order chi connectivity index (χ1) is 10.9. The summed E-state index contributed by atoms with van der Waals surface area (Å²) in [6.07, 6.45) is 1.70. The van der Waals surface area contributed by atoms with E-state index in [2.05, 4.69) is 52.1 Å². The van der Waals surface area contributed by atoms with Crippen LogP contribution in [0.5, 0.6) is 0 Å². The Bertz CT molecular complexity index is 778. The SMILES string of the molecule is CN1C(=CC(=O)Nc2ccc(Br)cc2)C(C)(C)c2ccccc21. The first-order valence-corrected chi connectivity index (χ1v) is 8.31. The summed E-state index contributed by atoms with van der Waals surface area (Å²) in [6.45, 7) is 4.29. The summed E-state index contributed by atoms with van der Waals surface area (Å²) in [5, 5.41) is 2.92. The van der Waals surface area contributed by atoms with Gasteiger partial charge in [0, 0.05) is 40.1 Å². The van der Waals surface area contributed by atoms with Crippen LogP contribution in [0.25, 0.3) is 0 Å². The van der Waals surface area contributed by atoms with E-state index >= 15 is 0 Å². The quantitative estimate of drug-likeness (QED) is 0.777. The van der Waals surface area contributed by atoms with Crippen LogP contribution in [0.4, 0.5) is 11.4 Å². The summed E-state index contributed by atoms with van der Waals surface area (Å²) in [4.78, 5) is 14.5. The summed E-state index contributed by atoms with van der Waals surface area (Å²) in [5.41, 5.74) is 3.98.